The maximum Gasteiger partial charge on any atom is 0.274 e. The van der Waals surface area contributed by atoms with Crippen molar-refractivity contribution >= 4 is 33.1 Å². The first-order valence-electron chi connectivity index (χ1n) is 9.64. The molecule has 2 aromatic rings. The summed E-state index contributed by atoms with van der Waals surface area (Å²) >= 11 is 6.16. The van der Waals surface area contributed by atoms with Gasteiger partial charge in [0, 0.05) is 29.9 Å². The number of nitrogens with zero attached hydrogens (tertiary/aromatic N) is 3. The fraction of sp³-hybridized carbons (Fsp3) is 0.450. The second-order valence-electron chi connectivity index (χ2n) is 6.90. The Balaban J connectivity index is 1.69. The fourth-order valence-electron chi connectivity index (χ4n) is 3.58. The number of rotatable bonds is 6. The Bertz CT molecular complexity index is 906. The molecule has 0 saturated carbocycles. The first-order valence-corrected chi connectivity index (χ1v) is 11.5. The van der Waals surface area contributed by atoms with Crippen LogP contribution in [-0.4, -0.2) is 52.0 Å². The second kappa shape index (κ2) is 8.68. The number of sulfonamides is 1. The highest BCUT2D eigenvalue weighted by Crippen LogP contribution is 2.26. The second-order valence-corrected chi connectivity index (χ2v) is 9.28. The zero-order chi connectivity index (χ0) is 20.3. The van der Waals surface area contributed by atoms with Crippen molar-refractivity contribution in [3.63, 3.8) is 0 Å². The van der Waals surface area contributed by atoms with Gasteiger partial charge < -0.3 is 4.90 Å². The summed E-state index contributed by atoms with van der Waals surface area (Å²) in [6.07, 6.45) is 1.59. The summed E-state index contributed by atoms with van der Waals surface area (Å²) in [7, 11) is -3.44. The van der Waals surface area contributed by atoms with Crippen molar-refractivity contribution in [3.8, 4) is 0 Å². The zero-order valence-corrected chi connectivity index (χ0v) is 18.2. The van der Waals surface area contributed by atoms with Crippen LogP contribution in [0.5, 0.6) is 0 Å². The average molecular weight is 424 g/mol. The van der Waals surface area contributed by atoms with Crippen molar-refractivity contribution in [2.75, 3.05) is 49.1 Å². The number of aryl methyl sites for hydroxylation is 1. The van der Waals surface area contributed by atoms with E-state index in [9.17, 15) is 8.42 Å². The molecule has 1 aliphatic heterocycles. The molecule has 2 heterocycles. The van der Waals surface area contributed by atoms with Gasteiger partial charge in [-0.3, -0.25) is 4.90 Å². The average Bonchev–Trinajstić information content (AvgIpc) is 2.71. The minimum absolute atomic E-state index is 0.299. The topological polar surface area (TPSA) is 58.0 Å². The van der Waals surface area contributed by atoms with Crippen molar-refractivity contribution in [2.45, 2.75) is 25.7 Å². The highest BCUT2D eigenvalue weighted by molar-refractivity contribution is 7.89. The molecule has 8 heteroatoms. The normalized spacial score (nSPS) is 15.3. The number of halogens is 1. The Morgan fingerprint density at radius 1 is 1.04 bits per heavy atom. The predicted octanol–water partition coefficient (Wildman–Crippen LogP) is 2.82. The van der Waals surface area contributed by atoms with E-state index in [4.69, 9.17) is 11.6 Å². The molecule has 0 aliphatic carbocycles. The van der Waals surface area contributed by atoms with Crippen LogP contribution in [0.3, 0.4) is 0 Å². The van der Waals surface area contributed by atoms with E-state index < -0.39 is 10.0 Å². The molecule has 0 amide bonds. The quantitative estimate of drug-likeness (QED) is 0.716. The number of aromatic amines is 1. The monoisotopic (exact) mass is 423 g/mol. The molecule has 1 fully saturated rings. The molecule has 3 rings (SSSR count). The maximum absolute atomic E-state index is 12.6. The number of hydrogen-bond acceptors (Lipinski definition) is 4. The van der Waals surface area contributed by atoms with Crippen LogP contribution in [0, 0.1) is 6.92 Å². The Morgan fingerprint density at radius 2 is 1.68 bits per heavy atom. The van der Waals surface area contributed by atoms with Crippen LogP contribution in [0.4, 0.5) is 11.5 Å². The number of piperazine rings is 1. The smallest absolute Gasteiger partial charge is 0.274 e. The Morgan fingerprint density at radius 3 is 2.25 bits per heavy atom. The molecule has 0 radical (unpaired) electrons. The number of benzene rings is 1. The van der Waals surface area contributed by atoms with Crippen LogP contribution in [-0.2, 0) is 10.0 Å². The van der Waals surface area contributed by atoms with E-state index in [0.717, 1.165) is 37.0 Å². The third kappa shape index (κ3) is 4.26. The largest absolute Gasteiger partial charge is 0.363 e. The summed E-state index contributed by atoms with van der Waals surface area (Å²) < 4.78 is 26.7. The van der Waals surface area contributed by atoms with Crippen LogP contribution in [0.25, 0.3) is 0 Å². The highest BCUT2D eigenvalue weighted by atomic mass is 35.5. The lowest BCUT2D eigenvalue weighted by atomic mass is 10.1. The Labute approximate surface area is 172 Å². The van der Waals surface area contributed by atoms with Crippen molar-refractivity contribution in [1.82, 2.24) is 4.31 Å². The molecule has 1 aliphatic rings. The predicted molar refractivity (Wildman–Crippen MR) is 114 cm³/mol. The molecular weight excluding hydrogens is 396 g/mol. The molecule has 152 valence electrons. The van der Waals surface area contributed by atoms with Gasteiger partial charge in [-0.2, -0.15) is 4.31 Å². The summed E-state index contributed by atoms with van der Waals surface area (Å²) in [5, 5.41) is 0.751. The van der Waals surface area contributed by atoms with Crippen LogP contribution < -0.4 is 14.8 Å². The third-order valence-corrected chi connectivity index (χ3v) is 7.52. The zero-order valence-electron chi connectivity index (χ0n) is 16.7. The van der Waals surface area contributed by atoms with E-state index in [-0.39, 0.29) is 0 Å². The van der Waals surface area contributed by atoms with E-state index in [0.29, 0.717) is 18.0 Å². The Hall–Kier alpha value is -1.83. The van der Waals surface area contributed by atoms with Crippen LogP contribution in [0.15, 0.2) is 41.4 Å². The summed E-state index contributed by atoms with van der Waals surface area (Å²) in [6, 6.07) is 9.53. The molecule has 1 aromatic carbocycles. The van der Waals surface area contributed by atoms with E-state index in [1.165, 1.54) is 15.6 Å². The SMILES string of the molecule is CCN(CC)S(=O)(=O)c1ccc(N2CCN(c3cc(Cl)ccc3C)CC2)[nH+]c1. The molecule has 0 unspecified atom stereocenters. The van der Waals surface area contributed by atoms with Crippen molar-refractivity contribution in [3.05, 3.63) is 47.1 Å². The summed E-state index contributed by atoms with van der Waals surface area (Å²) in [5.41, 5.74) is 2.40. The maximum atomic E-state index is 12.6. The number of pyridine rings is 1. The van der Waals surface area contributed by atoms with E-state index in [1.54, 1.807) is 12.3 Å². The van der Waals surface area contributed by atoms with Gasteiger partial charge in [-0.15, -0.1) is 0 Å². The van der Waals surface area contributed by atoms with Crippen LogP contribution in [0.2, 0.25) is 5.02 Å². The molecule has 1 aromatic heterocycles. The Kier molecular flexibility index (Phi) is 6.47. The minimum atomic E-state index is -3.44. The molecule has 28 heavy (non-hydrogen) atoms. The lowest BCUT2D eigenvalue weighted by Crippen LogP contribution is -2.48. The molecule has 6 nitrogen and oxygen atoms in total. The number of H-pyrrole nitrogens is 1. The van der Waals surface area contributed by atoms with Gasteiger partial charge in [0.25, 0.3) is 5.82 Å². The molecule has 0 atom stereocenters. The number of hydrogen-bond donors (Lipinski definition) is 0. The molecule has 1 N–H and O–H groups in total. The van der Waals surface area contributed by atoms with Crippen LogP contribution >= 0.6 is 11.6 Å². The number of aromatic nitrogens is 1. The molecule has 1 saturated heterocycles. The van der Waals surface area contributed by atoms with Crippen molar-refractivity contribution < 1.29 is 13.4 Å². The van der Waals surface area contributed by atoms with Crippen molar-refractivity contribution in [2.24, 2.45) is 0 Å². The standard InChI is InChI=1S/C20H27ClN4O2S/c1-4-25(5-2)28(26,27)18-8-9-20(22-15-18)24-12-10-23(11-13-24)19-14-17(21)7-6-16(19)3/h6-9,14-15H,4-5,10-13H2,1-3H3/p+1. The first-order chi connectivity index (χ1) is 13.4. The van der Waals surface area contributed by atoms with E-state index in [1.807, 2.05) is 38.1 Å². The summed E-state index contributed by atoms with van der Waals surface area (Å²) in [5.74, 6) is 0.931. The van der Waals surface area contributed by atoms with Gasteiger partial charge in [0.2, 0.25) is 10.0 Å². The van der Waals surface area contributed by atoms with E-state index in [2.05, 4.69) is 21.7 Å². The minimum Gasteiger partial charge on any atom is -0.363 e. The summed E-state index contributed by atoms with van der Waals surface area (Å²) in [6.45, 7) is 10.2. The molecule has 0 spiro atoms. The van der Waals surface area contributed by atoms with Crippen LogP contribution in [0.1, 0.15) is 19.4 Å². The van der Waals surface area contributed by atoms with Gasteiger partial charge in [0.05, 0.1) is 13.1 Å². The summed E-state index contributed by atoms with van der Waals surface area (Å²) in [4.78, 5) is 8.06. The fourth-order valence-corrected chi connectivity index (χ4v) is 5.18. The molecular formula is C20H28ClN4O2S+. The third-order valence-electron chi connectivity index (χ3n) is 5.24. The van der Waals surface area contributed by atoms with Gasteiger partial charge >= 0.3 is 0 Å². The van der Waals surface area contributed by atoms with Gasteiger partial charge in [-0.25, -0.2) is 13.4 Å². The van der Waals surface area contributed by atoms with Gasteiger partial charge in [-0.05, 0) is 30.7 Å². The van der Waals surface area contributed by atoms with Gasteiger partial charge in [0.15, 0.2) is 0 Å². The van der Waals surface area contributed by atoms with E-state index >= 15 is 0 Å². The van der Waals surface area contributed by atoms with Gasteiger partial charge in [0.1, 0.15) is 24.2 Å². The van der Waals surface area contributed by atoms with Crippen molar-refractivity contribution in [1.29, 1.82) is 0 Å². The molecule has 0 bridgehead atoms. The lowest BCUT2D eigenvalue weighted by Gasteiger charge is -2.33. The number of anilines is 2. The first kappa shape index (κ1) is 20.9. The lowest BCUT2D eigenvalue weighted by molar-refractivity contribution is -0.367. The highest BCUT2D eigenvalue weighted by Gasteiger charge is 2.27. The van der Waals surface area contributed by atoms with Gasteiger partial charge in [-0.1, -0.05) is 31.5 Å². The number of nitrogens with one attached hydrogen (secondary N) is 1.